The second kappa shape index (κ2) is 12.4. The minimum atomic E-state index is 0.754. The minimum Gasteiger partial charge on any atom is -0.497 e. The molecular formula is C21H32N4O2S. The molecule has 0 aliphatic carbocycles. The van der Waals surface area contributed by atoms with E-state index in [-0.39, 0.29) is 0 Å². The maximum absolute atomic E-state index is 5.22. The van der Waals surface area contributed by atoms with Crippen LogP contribution in [0.15, 0.2) is 40.7 Å². The van der Waals surface area contributed by atoms with E-state index in [0.29, 0.717) is 0 Å². The monoisotopic (exact) mass is 404 g/mol. The molecule has 0 atom stereocenters. The van der Waals surface area contributed by atoms with Crippen LogP contribution in [0.2, 0.25) is 0 Å². The maximum Gasteiger partial charge on any atom is 0.191 e. The SMILES string of the molecule is CN=C(NCCN(C)CCCOC)NCc1cc(-c2ccc(OC)cc2)cs1. The lowest BCUT2D eigenvalue weighted by atomic mass is 10.1. The molecule has 0 aliphatic heterocycles. The fourth-order valence-electron chi connectivity index (χ4n) is 2.76. The number of guanidine groups is 1. The Balaban J connectivity index is 1.75. The van der Waals surface area contributed by atoms with Crippen molar-refractivity contribution in [3.8, 4) is 16.9 Å². The van der Waals surface area contributed by atoms with Crippen LogP contribution in [0.5, 0.6) is 5.75 Å². The van der Waals surface area contributed by atoms with Crippen molar-refractivity contribution in [3.63, 3.8) is 0 Å². The van der Waals surface area contributed by atoms with Gasteiger partial charge >= 0.3 is 0 Å². The van der Waals surface area contributed by atoms with Crippen LogP contribution in [-0.4, -0.2) is 65.4 Å². The van der Waals surface area contributed by atoms with Gasteiger partial charge in [-0.15, -0.1) is 11.3 Å². The predicted octanol–water partition coefficient (Wildman–Crippen LogP) is 3.06. The van der Waals surface area contributed by atoms with E-state index in [2.05, 4.69) is 51.2 Å². The molecule has 2 aromatic rings. The molecule has 154 valence electrons. The molecule has 7 heteroatoms. The van der Waals surface area contributed by atoms with Gasteiger partial charge in [0.1, 0.15) is 5.75 Å². The molecule has 0 unspecified atom stereocenters. The third-order valence-electron chi connectivity index (χ3n) is 4.41. The average Bonchev–Trinajstić information content (AvgIpc) is 3.20. The van der Waals surface area contributed by atoms with Gasteiger partial charge in [0.25, 0.3) is 0 Å². The third kappa shape index (κ3) is 7.50. The summed E-state index contributed by atoms with van der Waals surface area (Å²) in [6, 6.07) is 10.4. The van der Waals surface area contributed by atoms with Crippen molar-refractivity contribution in [3.05, 3.63) is 40.6 Å². The Morgan fingerprint density at radius 1 is 1.11 bits per heavy atom. The van der Waals surface area contributed by atoms with E-state index in [1.807, 2.05) is 12.1 Å². The van der Waals surface area contributed by atoms with E-state index < -0.39 is 0 Å². The van der Waals surface area contributed by atoms with Crippen LogP contribution in [0, 0.1) is 0 Å². The number of hydrogen-bond acceptors (Lipinski definition) is 5. The highest BCUT2D eigenvalue weighted by Crippen LogP contribution is 2.27. The van der Waals surface area contributed by atoms with Crippen molar-refractivity contribution in [1.82, 2.24) is 15.5 Å². The van der Waals surface area contributed by atoms with Gasteiger partial charge in [-0.2, -0.15) is 0 Å². The molecule has 1 aromatic heterocycles. The second-order valence-electron chi connectivity index (χ2n) is 6.53. The van der Waals surface area contributed by atoms with E-state index in [4.69, 9.17) is 9.47 Å². The zero-order valence-electron chi connectivity index (χ0n) is 17.3. The molecule has 1 aromatic carbocycles. The summed E-state index contributed by atoms with van der Waals surface area (Å²) in [5.74, 6) is 1.70. The lowest BCUT2D eigenvalue weighted by molar-refractivity contribution is 0.180. The Kier molecular flexibility index (Phi) is 9.82. The zero-order chi connectivity index (χ0) is 20.2. The first kappa shape index (κ1) is 22.2. The van der Waals surface area contributed by atoms with E-state index >= 15 is 0 Å². The van der Waals surface area contributed by atoms with Crippen LogP contribution in [-0.2, 0) is 11.3 Å². The molecule has 6 nitrogen and oxygen atoms in total. The Bertz CT molecular complexity index is 715. The van der Waals surface area contributed by atoms with Gasteiger partial charge in [0.05, 0.1) is 13.7 Å². The Morgan fingerprint density at radius 3 is 2.57 bits per heavy atom. The van der Waals surface area contributed by atoms with Crippen LogP contribution in [0.1, 0.15) is 11.3 Å². The van der Waals surface area contributed by atoms with Gasteiger partial charge in [-0.25, -0.2) is 0 Å². The summed E-state index contributed by atoms with van der Waals surface area (Å²) in [7, 11) is 7.35. The highest BCUT2D eigenvalue weighted by atomic mass is 32.1. The summed E-state index contributed by atoms with van der Waals surface area (Å²) in [5.41, 5.74) is 2.42. The predicted molar refractivity (Wildman–Crippen MR) is 118 cm³/mol. The van der Waals surface area contributed by atoms with E-state index in [1.165, 1.54) is 16.0 Å². The van der Waals surface area contributed by atoms with Crippen molar-refractivity contribution >= 4 is 17.3 Å². The molecule has 0 saturated carbocycles. The number of nitrogens with zero attached hydrogens (tertiary/aromatic N) is 2. The maximum atomic E-state index is 5.22. The first-order valence-corrected chi connectivity index (χ1v) is 10.4. The van der Waals surface area contributed by atoms with Gasteiger partial charge in [-0.05, 0) is 48.2 Å². The zero-order valence-corrected chi connectivity index (χ0v) is 18.1. The quantitative estimate of drug-likeness (QED) is 0.342. The first-order chi connectivity index (χ1) is 13.7. The molecule has 0 aliphatic rings. The fourth-order valence-corrected chi connectivity index (χ4v) is 3.59. The van der Waals surface area contributed by atoms with E-state index in [1.54, 1.807) is 32.6 Å². The summed E-state index contributed by atoms with van der Waals surface area (Å²) in [4.78, 5) is 7.87. The normalized spacial score (nSPS) is 11.7. The summed E-state index contributed by atoms with van der Waals surface area (Å²) >= 11 is 1.75. The Labute approximate surface area is 172 Å². The lowest BCUT2D eigenvalue weighted by Gasteiger charge is -2.18. The summed E-state index contributed by atoms with van der Waals surface area (Å²) in [6.07, 6.45) is 1.05. The number of benzene rings is 1. The number of aliphatic imine (C=N–C) groups is 1. The number of nitrogens with one attached hydrogen (secondary N) is 2. The van der Waals surface area contributed by atoms with Crippen molar-refractivity contribution in [2.24, 2.45) is 4.99 Å². The second-order valence-corrected chi connectivity index (χ2v) is 7.53. The molecule has 0 amide bonds. The molecule has 28 heavy (non-hydrogen) atoms. The van der Waals surface area contributed by atoms with Crippen LogP contribution in [0.4, 0.5) is 0 Å². The van der Waals surface area contributed by atoms with Crippen LogP contribution in [0.3, 0.4) is 0 Å². The van der Waals surface area contributed by atoms with E-state index in [0.717, 1.165) is 50.9 Å². The molecular weight excluding hydrogens is 372 g/mol. The molecule has 0 radical (unpaired) electrons. The van der Waals surface area contributed by atoms with Crippen LogP contribution >= 0.6 is 11.3 Å². The lowest BCUT2D eigenvalue weighted by Crippen LogP contribution is -2.40. The fraction of sp³-hybridized carbons (Fsp3) is 0.476. The van der Waals surface area contributed by atoms with Crippen molar-refractivity contribution < 1.29 is 9.47 Å². The molecule has 0 spiro atoms. The number of thiophene rings is 1. The molecule has 2 N–H and O–H groups in total. The van der Waals surface area contributed by atoms with Gasteiger partial charge in [0, 0.05) is 45.3 Å². The summed E-state index contributed by atoms with van der Waals surface area (Å²) < 4.78 is 10.3. The molecule has 2 rings (SSSR count). The van der Waals surface area contributed by atoms with Gasteiger partial charge in [-0.3, -0.25) is 4.99 Å². The number of likely N-dealkylation sites (N-methyl/N-ethyl adjacent to an activating group) is 1. The van der Waals surface area contributed by atoms with Crippen LogP contribution < -0.4 is 15.4 Å². The Morgan fingerprint density at radius 2 is 1.89 bits per heavy atom. The number of hydrogen-bond donors (Lipinski definition) is 2. The number of rotatable bonds is 11. The topological polar surface area (TPSA) is 58.1 Å². The highest BCUT2D eigenvalue weighted by molar-refractivity contribution is 7.10. The summed E-state index contributed by atoms with van der Waals surface area (Å²) in [5, 5.41) is 8.94. The standard InChI is InChI=1S/C21H32N4O2S/c1-22-21(23-10-12-25(2)11-5-13-26-3)24-15-20-14-18(16-28-20)17-6-8-19(27-4)9-7-17/h6-9,14,16H,5,10-13,15H2,1-4H3,(H2,22,23,24). The van der Waals surface area contributed by atoms with Gasteiger partial charge in [0.2, 0.25) is 0 Å². The number of ether oxygens (including phenoxy) is 2. The Hall–Kier alpha value is -2.09. The average molecular weight is 405 g/mol. The van der Waals surface area contributed by atoms with Crippen molar-refractivity contribution in [2.75, 3.05) is 54.6 Å². The first-order valence-electron chi connectivity index (χ1n) is 9.50. The van der Waals surface area contributed by atoms with E-state index in [9.17, 15) is 0 Å². The minimum absolute atomic E-state index is 0.754. The van der Waals surface area contributed by atoms with Gasteiger partial charge < -0.3 is 25.0 Å². The smallest absolute Gasteiger partial charge is 0.191 e. The molecule has 0 fully saturated rings. The third-order valence-corrected chi connectivity index (χ3v) is 5.34. The summed E-state index contributed by atoms with van der Waals surface area (Å²) in [6.45, 7) is 4.41. The van der Waals surface area contributed by atoms with Crippen LogP contribution in [0.25, 0.3) is 11.1 Å². The largest absolute Gasteiger partial charge is 0.497 e. The van der Waals surface area contributed by atoms with Crippen molar-refractivity contribution in [1.29, 1.82) is 0 Å². The highest BCUT2D eigenvalue weighted by Gasteiger charge is 2.05. The number of methoxy groups -OCH3 is 2. The van der Waals surface area contributed by atoms with Gasteiger partial charge in [-0.1, -0.05) is 12.1 Å². The van der Waals surface area contributed by atoms with Crippen molar-refractivity contribution in [2.45, 2.75) is 13.0 Å². The van der Waals surface area contributed by atoms with Gasteiger partial charge in [0.15, 0.2) is 5.96 Å². The molecule has 0 saturated heterocycles. The molecule has 1 heterocycles. The molecule has 0 bridgehead atoms.